The Labute approximate surface area is 44.0 Å². The maximum atomic E-state index is 8.26. The molecule has 0 spiro atoms. The number of nitriles is 1. The second kappa shape index (κ2) is 1.54. The number of hydrogen-bond donors (Lipinski definition) is 0. The Bertz CT molecular complexity index is 101. The van der Waals surface area contributed by atoms with E-state index in [1.165, 1.54) is 6.42 Å². The van der Waals surface area contributed by atoms with Crippen LogP contribution in [0.1, 0.15) is 19.8 Å². The topological polar surface area (TPSA) is 23.8 Å². The summed E-state index contributed by atoms with van der Waals surface area (Å²) in [6.45, 7) is 2.14. The Morgan fingerprint density at radius 2 is 2.57 bits per heavy atom. The van der Waals surface area contributed by atoms with E-state index in [4.69, 9.17) is 5.26 Å². The van der Waals surface area contributed by atoms with Gasteiger partial charge in [0.2, 0.25) is 0 Å². The molecule has 1 fully saturated rings. The van der Waals surface area contributed by atoms with Gasteiger partial charge in [0, 0.05) is 5.92 Å². The van der Waals surface area contributed by atoms with Gasteiger partial charge in [-0.25, -0.2) is 0 Å². The van der Waals surface area contributed by atoms with Crippen LogP contribution in [0.25, 0.3) is 0 Å². The fourth-order valence-corrected chi connectivity index (χ4v) is 0.857. The monoisotopic (exact) mass is 95.1 g/mol. The fourth-order valence-electron chi connectivity index (χ4n) is 0.857. The third-order valence-electron chi connectivity index (χ3n) is 1.61. The molecule has 1 nitrogen and oxygen atoms in total. The van der Waals surface area contributed by atoms with Crippen molar-refractivity contribution in [3.05, 3.63) is 0 Å². The zero-order chi connectivity index (χ0) is 5.28. The van der Waals surface area contributed by atoms with Crippen LogP contribution in [0, 0.1) is 23.2 Å². The highest BCUT2D eigenvalue weighted by molar-refractivity contribution is 5.00. The summed E-state index contributed by atoms with van der Waals surface area (Å²) in [4.78, 5) is 0. The molecular weight excluding hydrogens is 86.1 g/mol. The smallest absolute Gasteiger partial charge is 0.0658 e. The average Bonchev–Trinajstić information content (AvgIpc) is 2.43. The lowest BCUT2D eigenvalue weighted by Gasteiger charge is -1.77. The largest absolute Gasteiger partial charge is 0.198 e. The van der Waals surface area contributed by atoms with Gasteiger partial charge in [-0.2, -0.15) is 5.26 Å². The van der Waals surface area contributed by atoms with E-state index in [2.05, 4.69) is 13.0 Å². The fraction of sp³-hybridized carbons (Fsp3) is 0.833. The molecule has 0 bridgehead atoms. The quantitative estimate of drug-likeness (QED) is 0.484. The second-order valence-electron chi connectivity index (χ2n) is 2.14. The lowest BCUT2D eigenvalue weighted by Crippen LogP contribution is -1.71. The molecule has 1 aliphatic rings. The van der Waals surface area contributed by atoms with Crippen molar-refractivity contribution >= 4 is 0 Å². The molecule has 0 unspecified atom stereocenters. The molecule has 7 heavy (non-hydrogen) atoms. The first-order valence-corrected chi connectivity index (χ1v) is 2.78. The van der Waals surface area contributed by atoms with Gasteiger partial charge in [0.15, 0.2) is 0 Å². The van der Waals surface area contributed by atoms with Crippen molar-refractivity contribution in [2.75, 3.05) is 0 Å². The van der Waals surface area contributed by atoms with E-state index in [-0.39, 0.29) is 0 Å². The van der Waals surface area contributed by atoms with Crippen LogP contribution in [-0.4, -0.2) is 0 Å². The Morgan fingerprint density at radius 1 is 1.86 bits per heavy atom. The van der Waals surface area contributed by atoms with Gasteiger partial charge in [0.05, 0.1) is 6.07 Å². The highest BCUT2D eigenvalue weighted by atomic mass is 14.4. The van der Waals surface area contributed by atoms with Crippen LogP contribution < -0.4 is 0 Å². The molecule has 1 heteroatoms. The Balaban J connectivity index is 2.21. The number of nitrogens with zero attached hydrogens (tertiary/aromatic N) is 1. The van der Waals surface area contributed by atoms with Crippen molar-refractivity contribution in [1.29, 1.82) is 5.26 Å². The second-order valence-corrected chi connectivity index (χ2v) is 2.14. The van der Waals surface area contributed by atoms with E-state index >= 15 is 0 Å². The molecule has 38 valence electrons. The summed E-state index contributed by atoms with van der Waals surface area (Å²) in [5, 5.41) is 8.26. The predicted molar refractivity (Wildman–Crippen MR) is 27.5 cm³/mol. The van der Waals surface area contributed by atoms with Crippen molar-refractivity contribution in [2.45, 2.75) is 19.8 Å². The highest BCUT2D eigenvalue weighted by Gasteiger charge is 2.34. The van der Waals surface area contributed by atoms with Gasteiger partial charge in [-0.1, -0.05) is 13.3 Å². The molecule has 2 atom stereocenters. The number of rotatable bonds is 1. The molecule has 0 aromatic heterocycles. The van der Waals surface area contributed by atoms with Gasteiger partial charge in [-0.15, -0.1) is 0 Å². The van der Waals surface area contributed by atoms with E-state index in [1.807, 2.05) is 0 Å². The SMILES string of the molecule is CC[C@H]1C[C@H]1C#N. The molecule has 0 aromatic rings. The summed E-state index contributed by atoms with van der Waals surface area (Å²) in [6, 6.07) is 2.24. The summed E-state index contributed by atoms with van der Waals surface area (Å²) >= 11 is 0. The molecule has 0 heterocycles. The first-order chi connectivity index (χ1) is 3.38. The van der Waals surface area contributed by atoms with Crippen molar-refractivity contribution in [2.24, 2.45) is 11.8 Å². The Morgan fingerprint density at radius 3 is 2.71 bits per heavy atom. The maximum Gasteiger partial charge on any atom is 0.0658 e. The average molecular weight is 95.1 g/mol. The van der Waals surface area contributed by atoms with Crippen LogP contribution in [0.15, 0.2) is 0 Å². The molecule has 0 saturated heterocycles. The number of hydrogen-bond acceptors (Lipinski definition) is 1. The van der Waals surface area contributed by atoms with E-state index in [1.54, 1.807) is 0 Å². The standard InChI is InChI=1S/C6H9N/c1-2-5-3-6(5)4-7/h5-6H,2-3H2,1H3/t5-,6-/m0/s1. The summed E-state index contributed by atoms with van der Waals surface area (Å²) in [6.07, 6.45) is 2.35. The van der Waals surface area contributed by atoms with Gasteiger partial charge in [-0.3, -0.25) is 0 Å². The molecular formula is C6H9N. The molecule has 1 rings (SSSR count). The van der Waals surface area contributed by atoms with Crippen LogP contribution in [-0.2, 0) is 0 Å². The minimum Gasteiger partial charge on any atom is -0.198 e. The van der Waals surface area contributed by atoms with Crippen molar-refractivity contribution in [3.8, 4) is 6.07 Å². The molecule has 1 aliphatic carbocycles. The summed E-state index contributed by atoms with van der Waals surface area (Å²) in [5.41, 5.74) is 0. The van der Waals surface area contributed by atoms with Gasteiger partial charge < -0.3 is 0 Å². The van der Waals surface area contributed by atoms with Crippen LogP contribution in [0.5, 0.6) is 0 Å². The molecule has 1 saturated carbocycles. The molecule has 0 N–H and O–H groups in total. The zero-order valence-corrected chi connectivity index (χ0v) is 4.52. The van der Waals surface area contributed by atoms with Crippen LogP contribution in [0.4, 0.5) is 0 Å². The van der Waals surface area contributed by atoms with Gasteiger partial charge in [0.1, 0.15) is 0 Å². The normalized spacial score (nSPS) is 37.1. The van der Waals surface area contributed by atoms with Crippen molar-refractivity contribution in [3.63, 3.8) is 0 Å². The Kier molecular flexibility index (Phi) is 1.02. The molecule has 0 radical (unpaired) electrons. The van der Waals surface area contributed by atoms with Gasteiger partial charge >= 0.3 is 0 Å². The van der Waals surface area contributed by atoms with E-state index in [0.717, 1.165) is 12.3 Å². The zero-order valence-electron chi connectivity index (χ0n) is 4.52. The maximum absolute atomic E-state index is 8.26. The van der Waals surface area contributed by atoms with E-state index in [0.29, 0.717) is 5.92 Å². The summed E-state index contributed by atoms with van der Waals surface area (Å²) in [5.74, 6) is 1.18. The first kappa shape index (κ1) is 4.64. The predicted octanol–water partition coefficient (Wildman–Crippen LogP) is 1.56. The first-order valence-electron chi connectivity index (χ1n) is 2.78. The highest BCUT2D eigenvalue weighted by Crippen LogP contribution is 2.39. The van der Waals surface area contributed by atoms with Gasteiger partial charge in [0.25, 0.3) is 0 Å². The third kappa shape index (κ3) is 0.742. The summed E-state index contributed by atoms with van der Waals surface area (Å²) < 4.78 is 0. The Hall–Kier alpha value is -0.510. The van der Waals surface area contributed by atoms with Crippen LogP contribution in [0.3, 0.4) is 0 Å². The van der Waals surface area contributed by atoms with E-state index in [9.17, 15) is 0 Å². The molecule has 0 aliphatic heterocycles. The lowest BCUT2D eigenvalue weighted by atomic mass is 10.3. The van der Waals surface area contributed by atoms with Crippen molar-refractivity contribution < 1.29 is 0 Å². The van der Waals surface area contributed by atoms with Crippen molar-refractivity contribution in [1.82, 2.24) is 0 Å². The van der Waals surface area contributed by atoms with Crippen LogP contribution >= 0.6 is 0 Å². The third-order valence-corrected chi connectivity index (χ3v) is 1.61. The van der Waals surface area contributed by atoms with Crippen LogP contribution in [0.2, 0.25) is 0 Å². The minimum absolute atomic E-state index is 0.421. The van der Waals surface area contributed by atoms with E-state index < -0.39 is 0 Å². The molecule has 0 amide bonds. The molecule has 0 aromatic carbocycles. The summed E-state index contributed by atoms with van der Waals surface area (Å²) in [7, 11) is 0. The minimum atomic E-state index is 0.421. The lowest BCUT2D eigenvalue weighted by molar-refractivity contribution is 0.760. The van der Waals surface area contributed by atoms with Gasteiger partial charge in [-0.05, 0) is 12.3 Å².